The van der Waals surface area contributed by atoms with Crippen LogP contribution in [0.15, 0.2) is 42.9 Å². The fourth-order valence-corrected chi connectivity index (χ4v) is 4.18. The first-order valence-electron chi connectivity index (χ1n) is 11.8. The Morgan fingerprint density at radius 3 is 2.08 bits per heavy atom. The van der Waals surface area contributed by atoms with Crippen molar-refractivity contribution in [3.8, 4) is 0 Å². The Morgan fingerprint density at radius 1 is 0.950 bits per heavy atom. The molecule has 1 spiro atoms. The lowest BCUT2D eigenvalue weighted by atomic mass is 9.80. The van der Waals surface area contributed by atoms with Crippen molar-refractivity contribution in [3.05, 3.63) is 54.2 Å². The maximum atomic E-state index is 13.2. The van der Waals surface area contributed by atoms with E-state index in [9.17, 15) is 30.7 Å². The zero-order valence-corrected chi connectivity index (χ0v) is 21.0. The lowest BCUT2D eigenvalue weighted by molar-refractivity contribution is -0.193. The van der Waals surface area contributed by atoms with E-state index in [1.807, 2.05) is 18.3 Å². The number of carboxylic acid groups (broad SMARTS) is 2. The second-order valence-corrected chi connectivity index (χ2v) is 9.08. The molecular weight excluding hydrogens is 557 g/mol. The minimum atomic E-state index is -5.08. The molecule has 2 aliphatic rings. The number of hydrogen-bond donors (Lipinski definition) is 2. The van der Waals surface area contributed by atoms with Gasteiger partial charge in [0.2, 0.25) is 0 Å². The summed E-state index contributed by atoms with van der Waals surface area (Å²) in [4.78, 5) is 31.3. The van der Waals surface area contributed by atoms with Gasteiger partial charge in [0.15, 0.2) is 0 Å². The van der Waals surface area contributed by atoms with Gasteiger partial charge in [-0.1, -0.05) is 12.1 Å². The molecule has 2 aliphatic heterocycles. The third-order valence-corrected chi connectivity index (χ3v) is 5.86. The molecule has 0 aliphatic carbocycles. The molecule has 0 radical (unpaired) electrons. The summed E-state index contributed by atoms with van der Waals surface area (Å²) in [6, 6.07) is 6.84. The van der Waals surface area contributed by atoms with Crippen LogP contribution in [0.3, 0.4) is 0 Å². The van der Waals surface area contributed by atoms with Crippen molar-refractivity contribution in [1.29, 1.82) is 0 Å². The fraction of sp³-hybridized carbons (Fsp3) is 0.500. The average molecular weight is 584 g/mol. The van der Waals surface area contributed by atoms with Gasteiger partial charge in [-0.3, -0.25) is 9.88 Å². The molecule has 1 aromatic heterocycles. The van der Waals surface area contributed by atoms with Crippen LogP contribution < -0.4 is 4.90 Å². The highest BCUT2D eigenvalue weighted by Gasteiger charge is 2.40. The van der Waals surface area contributed by atoms with Crippen molar-refractivity contribution < 1.29 is 55.3 Å². The topological polar surface area (TPSA) is 116 Å². The molecule has 222 valence electrons. The van der Waals surface area contributed by atoms with Gasteiger partial charge < -0.3 is 19.8 Å². The molecule has 1 atom stereocenters. The Balaban J connectivity index is 0.000000333. The van der Waals surface area contributed by atoms with Crippen LogP contribution in [0, 0.1) is 11.2 Å². The molecule has 0 bridgehead atoms. The van der Waals surface area contributed by atoms with Crippen molar-refractivity contribution in [2.45, 2.75) is 31.7 Å². The average Bonchev–Trinajstić information content (AvgIpc) is 3.08. The quantitative estimate of drug-likeness (QED) is 0.517. The number of alkyl halides is 6. The molecule has 16 heteroatoms. The first-order valence-corrected chi connectivity index (χ1v) is 11.8. The molecule has 40 heavy (non-hydrogen) atoms. The monoisotopic (exact) mass is 584 g/mol. The van der Waals surface area contributed by atoms with E-state index < -0.39 is 24.3 Å². The SMILES string of the molecule is Fc1ccc(CN2CCCC3(COCCN(c4cnccn4)C3)C2)cc1.O=C(O)C(F)(F)F.O=C(O)C(F)(F)F. The van der Waals surface area contributed by atoms with E-state index in [4.69, 9.17) is 24.5 Å². The van der Waals surface area contributed by atoms with Gasteiger partial charge in [-0.25, -0.2) is 19.0 Å². The number of likely N-dealkylation sites (tertiary alicyclic amines) is 1. The third kappa shape index (κ3) is 10.9. The highest BCUT2D eigenvalue weighted by Crippen LogP contribution is 2.34. The second-order valence-electron chi connectivity index (χ2n) is 9.08. The van der Waals surface area contributed by atoms with Crippen LogP contribution in [0.2, 0.25) is 0 Å². The van der Waals surface area contributed by atoms with Gasteiger partial charge in [-0.2, -0.15) is 26.3 Å². The van der Waals surface area contributed by atoms with Crippen molar-refractivity contribution >= 4 is 17.8 Å². The minimum Gasteiger partial charge on any atom is -0.475 e. The summed E-state index contributed by atoms with van der Waals surface area (Å²) in [6.07, 6.45) is -2.57. The van der Waals surface area contributed by atoms with Crippen molar-refractivity contribution in [2.75, 3.05) is 44.3 Å². The number of hydrogen-bond acceptors (Lipinski definition) is 7. The van der Waals surface area contributed by atoms with Crippen LogP contribution in [-0.4, -0.2) is 88.8 Å². The number of anilines is 1. The van der Waals surface area contributed by atoms with Crippen LogP contribution in [0.5, 0.6) is 0 Å². The van der Waals surface area contributed by atoms with E-state index in [-0.39, 0.29) is 11.2 Å². The maximum Gasteiger partial charge on any atom is 0.490 e. The molecule has 2 N–H and O–H groups in total. The Kier molecular flexibility index (Phi) is 11.6. The molecule has 2 aromatic rings. The number of aromatic nitrogens is 2. The van der Waals surface area contributed by atoms with Crippen molar-refractivity contribution in [3.63, 3.8) is 0 Å². The summed E-state index contributed by atoms with van der Waals surface area (Å²) in [7, 11) is 0. The van der Waals surface area contributed by atoms with Crippen LogP contribution in [0.1, 0.15) is 18.4 Å². The molecule has 9 nitrogen and oxygen atoms in total. The zero-order chi connectivity index (χ0) is 30.0. The number of piperidine rings is 1. The first kappa shape index (κ1) is 32.7. The number of aliphatic carboxylic acids is 2. The number of carbonyl (C=O) groups is 2. The van der Waals surface area contributed by atoms with Gasteiger partial charge >= 0.3 is 24.3 Å². The normalized spacial score (nSPS) is 19.9. The standard InChI is InChI=1S/C20H25FN4O.2C2HF3O2/c21-18-4-2-17(3-5-18)13-24-9-1-6-20(14-24)15-25(10-11-26-16-20)19-12-22-7-8-23-19;2*3-2(4,5)1(6)7/h2-5,7-8,12H,1,6,9-11,13-16H2;2*(H,6,7). The molecule has 1 unspecified atom stereocenters. The molecule has 2 saturated heterocycles. The molecule has 4 rings (SSSR count). The molecule has 3 heterocycles. The van der Waals surface area contributed by atoms with E-state index in [1.54, 1.807) is 24.5 Å². The van der Waals surface area contributed by atoms with E-state index in [1.165, 1.54) is 0 Å². The molecular formula is C24H27F7N4O5. The van der Waals surface area contributed by atoms with E-state index in [2.05, 4.69) is 19.8 Å². The van der Waals surface area contributed by atoms with E-state index >= 15 is 0 Å². The summed E-state index contributed by atoms with van der Waals surface area (Å²) in [5.74, 6) is -4.77. The fourth-order valence-electron chi connectivity index (χ4n) is 4.18. The molecule has 1 aromatic carbocycles. The van der Waals surface area contributed by atoms with Gasteiger partial charge in [-0.05, 0) is 37.1 Å². The minimum absolute atomic E-state index is 0.103. The lowest BCUT2D eigenvalue weighted by Gasteiger charge is -2.43. The van der Waals surface area contributed by atoms with Crippen LogP contribution in [0.25, 0.3) is 0 Å². The molecule has 2 fully saturated rings. The summed E-state index contributed by atoms with van der Waals surface area (Å²) in [6.45, 7) is 6.20. The first-order chi connectivity index (χ1) is 18.6. The van der Waals surface area contributed by atoms with Crippen molar-refractivity contribution in [2.24, 2.45) is 5.41 Å². The number of rotatable bonds is 3. The Morgan fingerprint density at radius 2 is 1.55 bits per heavy atom. The van der Waals surface area contributed by atoms with Gasteiger partial charge in [-0.15, -0.1) is 0 Å². The number of halogens is 7. The van der Waals surface area contributed by atoms with Crippen LogP contribution >= 0.6 is 0 Å². The second kappa shape index (κ2) is 14.2. The molecule has 0 amide bonds. The van der Waals surface area contributed by atoms with Gasteiger partial charge in [0.05, 0.1) is 19.4 Å². The van der Waals surface area contributed by atoms with Crippen molar-refractivity contribution in [1.82, 2.24) is 14.9 Å². The maximum absolute atomic E-state index is 13.2. The molecule has 0 saturated carbocycles. The van der Waals surface area contributed by atoms with Gasteiger partial charge in [0.25, 0.3) is 0 Å². The Labute approximate surface area is 224 Å². The highest BCUT2D eigenvalue weighted by atomic mass is 19.4. The lowest BCUT2D eigenvalue weighted by Crippen LogP contribution is -2.50. The zero-order valence-electron chi connectivity index (χ0n) is 21.0. The van der Waals surface area contributed by atoms with Gasteiger partial charge in [0, 0.05) is 44.0 Å². The van der Waals surface area contributed by atoms with Gasteiger partial charge in [0.1, 0.15) is 11.6 Å². The smallest absolute Gasteiger partial charge is 0.475 e. The Bertz CT molecular complexity index is 1060. The number of carboxylic acids is 2. The van der Waals surface area contributed by atoms with Crippen LogP contribution in [-0.2, 0) is 20.9 Å². The number of ether oxygens (including phenoxy) is 1. The summed E-state index contributed by atoms with van der Waals surface area (Å²) < 4.78 is 82.6. The van der Waals surface area contributed by atoms with E-state index in [0.29, 0.717) is 0 Å². The number of benzene rings is 1. The number of nitrogens with zero attached hydrogens (tertiary/aromatic N) is 4. The third-order valence-electron chi connectivity index (χ3n) is 5.86. The van der Waals surface area contributed by atoms with Crippen LogP contribution in [0.4, 0.5) is 36.6 Å². The highest BCUT2D eigenvalue weighted by molar-refractivity contribution is 5.73. The summed E-state index contributed by atoms with van der Waals surface area (Å²) in [5.41, 5.74) is 1.26. The Hall–Kier alpha value is -3.53. The summed E-state index contributed by atoms with van der Waals surface area (Å²) in [5, 5.41) is 14.2. The predicted molar refractivity (Wildman–Crippen MR) is 126 cm³/mol. The largest absolute Gasteiger partial charge is 0.490 e. The summed E-state index contributed by atoms with van der Waals surface area (Å²) >= 11 is 0. The van der Waals surface area contributed by atoms with E-state index in [0.717, 1.165) is 70.2 Å². The predicted octanol–water partition coefficient (Wildman–Crippen LogP) is 4.00.